The van der Waals surface area contributed by atoms with Gasteiger partial charge in [-0.05, 0) is 62.8 Å². The Morgan fingerprint density at radius 1 is 1.22 bits per heavy atom. The van der Waals surface area contributed by atoms with Gasteiger partial charge in [0.1, 0.15) is 0 Å². The summed E-state index contributed by atoms with van der Waals surface area (Å²) in [6.07, 6.45) is 6.16. The molecule has 0 saturated heterocycles. The van der Waals surface area contributed by atoms with Crippen LogP contribution in [0.25, 0.3) is 0 Å². The zero-order valence-corrected chi connectivity index (χ0v) is 18.2. The SMILES string of the molecule is O=C(O)Cc1cc(C2CCC(Br)CC2)c(=O)n(CC2CCC(Cl)CC2Cl)n1. The largest absolute Gasteiger partial charge is 0.481 e. The summed E-state index contributed by atoms with van der Waals surface area (Å²) in [5.41, 5.74) is 1.05. The number of aromatic nitrogens is 2. The highest BCUT2D eigenvalue weighted by Gasteiger charge is 2.30. The van der Waals surface area contributed by atoms with E-state index in [1.54, 1.807) is 6.07 Å². The zero-order valence-electron chi connectivity index (χ0n) is 15.1. The zero-order chi connectivity index (χ0) is 19.6. The molecule has 2 aliphatic carbocycles. The molecule has 0 bridgehead atoms. The number of carboxylic acids is 1. The van der Waals surface area contributed by atoms with Crippen LogP contribution in [-0.2, 0) is 17.8 Å². The molecule has 0 radical (unpaired) electrons. The molecular formula is C19H25BrCl2N2O3. The maximum atomic E-state index is 13.1. The van der Waals surface area contributed by atoms with Crippen molar-refractivity contribution < 1.29 is 9.90 Å². The van der Waals surface area contributed by atoms with E-state index < -0.39 is 5.97 Å². The molecule has 0 aromatic carbocycles. The Morgan fingerprint density at radius 3 is 2.56 bits per heavy atom. The minimum absolute atomic E-state index is 0.0850. The lowest BCUT2D eigenvalue weighted by Gasteiger charge is -2.30. The van der Waals surface area contributed by atoms with Crippen molar-refractivity contribution in [3.63, 3.8) is 0 Å². The topological polar surface area (TPSA) is 72.2 Å². The highest BCUT2D eigenvalue weighted by Crippen LogP contribution is 2.35. The van der Waals surface area contributed by atoms with Crippen molar-refractivity contribution in [1.29, 1.82) is 0 Å². The number of halogens is 3. The first kappa shape index (κ1) is 21.1. The van der Waals surface area contributed by atoms with E-state index in [-0.39, 0.29) is 34.6 Å². The fourth-order valence-electron chi connectivity index (χ4n) is 4.20. The monoisotopic (exact) mass is 478 g/mol. The van der Waals surface area contributed by atoms with Crippen LogP contribution in [0.1, 0.15) is 62.1 Å². The number of rotatable bonds is 5. The van der Waals surface area contributed by atoms with Crippen molar-refractivity contribution in [3.05, 3.63) is 27.7 Å². The third-order valence-corrected chi connectivity index (χ3v) is 7.58. The average molecular weight is 480 g/mol. The van der Waals surface area contributed by atoms with E-state index in [4.69, 9.17) is 23.2 Å². The molecule has 1 aromatic heterocycles. The van der Waals surface area contributed by atoms with Gasteiger partial charge in [-0.2, -0.15) is 5.10 Å². The van der Waals surface area contributed by atoms with Gasteiger partial charge in [0.25, 0.3) is 5.56 Å². The summed E-state index contributed by atoms with van der Waals surface area (Å²) < 4.78 is 1.46. The van der Waals surface area contributed by atoms with Crippen LogP contribution in [0.4, 0.5) is 0 Å². The summed E-state index contributed by atoms with van der Waals surface area (Å²) in [6, 6.07) is 1.71. The van der Waals surface area contributed by atoms with Crippen LogP contribution in [0.15, 0.2) is 10.9 Å². The minimum atomic E-state index is -0.944. The minimum Gasteiger partial charge on any atom is -0.481 e. The van der Waals surface area contributed by atoms with Gasteiger partial charge in [-0.25, -0.2) is 4.68 Å². The van der Waals surface area contributed by atoms with Crippen LogP contribution in [-0.4, -0.2) is 36.4 Å². The molecular weight excluding hydrogens is 455 g/mol. The van der Waals surface area contributed by atoms with E-state index in [0.29, 0.717) is 22.6 Å². The Labute approximate surface area is 177 Å². The molecule has 2 saturated carbocycles. The van der Waals surface area contributed by atoms with Crippen LogP contribution < -0.4 is 5.56 Å². The molecule has 3 atom stereocenters. The van der Waals surface area contributed by atoms with E-state index in [1.807, 2.05) is 0 Å². The molecule has 27 heavy (non-hydrogen) atoms. The first-order valence-corrected chi connectivity index (χ1v) is 11.4. The van der Waals surface area contributed by atoms with Gasteiger partial charge < -0.3 is 5.11 Å². The molecule has 3 unspecified atom stereocenters. The summed E-state index contributed by atoms with van der Waals surface area (Å²) in [6.45, 7) is 0.421. The van der Waals surface area contributed by atoms with Gasteiger partial charge in [0.05, 0.1) is 12.1 Å². The van der Waals surface area contributed by atoms with Gasteiger partial charge in [0.2, 0.25) is 0 Å². The second kappa shape index (κ2) is 9.27. The van der Waals surface area contributed by atoms with Gasteiger partial charge in [0.15, 0.2) is 0 Å². The Morgan fingerprint density at radius 2 is 1.93 bits per heavy atom. The van der Waals surface area contributed by atoms with Gasteiger partial charge in [-0.15, -0.1) is 23.2 Å². The molecule has 1 heterocycles. The third-order valence-electron chi connectivity index (χ3n) is 5.73. The summed E-state index contributed by atoms with van der Waals surface area (Å²) >= 11 is 16.3. The first-order chi connectivity index (χ1) is 12.8. The Hall–Kier alpha value is -0.590. The van der Waals surface area contributed by atoms with Crippen LogP contribution in [0.2, 0.25) is 0 Å². The van der Waals surface area contributed by atoms with Gasteiger partial charge >= 0.3 is 5.97 Å². The van der Waals surface area contributed by atoms with Crippen LogP contribution in [0, 0.1) is 5.92 Å². The number of hydrogen-bond donors (Lipinski definition) is 1. The molecule has 0 amide bonds. The van der Waals surface area contributed by atoms with Gasteiger partial charge in [-0.3, -0.25) is 9.59 Å². The third kappa shape index (κ3) is 5.48. The summed E-state index contributed by atoms with van der Waals surface area (Å²) in [7, 11) is 0. The number of aliphatic carboxylic acids is 1. The summed E-state index contributed by atoms with van der Waals surface area (Å²) in [5, 5.41) is 13.5. The second-order valence-electron chi connectivity index (χ2n) is 7.78. The second-order valence-corrected chi connectivity index (χ2v) is 10.3. The molecule has 150 valence electrons. The number of alkyl halides is 3. The molecule has 1 N–H and O–H groups in total. The summed E-state index contributed by atoms with van der Waals surface area (Å²) in [4.78, 5) is 24.8. The Kier molecular flexibility index (Phi) is 7.25. The fraction of sp³-hybridized carbons (Fsp3) is 0.737. The van der Waals surface area contributed by atoms with Crippen molar-refractivity contribution in [3.8, 4) is 0 Å². The molecule has 8 heteroatoms. The molecule has 1 aromatic rings. The fourth-order valence-corrected chi connectivity index (χ4v) is 5.56. The van der Waals surface area contributed by atoms with Crippen LogP contribution >= 0.6 is 39.1 Å². The normalized spacial score (nSPS) is 31.6. The maximum Gasteiger partial charge on any atom is 0.309 e. The highest BCUT2D eigenvalue weighted by molar-refractivity contribution is 9.09. The maximum absolute atomic E-state index is 13.1. The standard InChI is InChI=1S/C19H25BrCl2N2O3/c20-13-4-1-11(2-5-13)16-8-15(9-18(25)26)23-24(19(16)27)10-12-3-6-14(21)7-17(12)22/h8,11-14,17H,1-7,9-10H2,(H,25,26). The first-order valence-electron chi connectivity index (χ1n) is 9.58. The number of hydrogen-bond acceptors (Lipinski definition) is 3. The lowest BCUT2D eigenvalue weighted by molar-refractivity contribution is -0.136. The molecule has 2 fully saturated rings. The number of carboxylic acid groups (broad SMARTS) is 1. The van der Waals surface area contributed by atoms with Crippen LogP contribution in [0.5, 0.6) is 0 Å². The molecule has 2 aliphatic rings. The van der Waals surface area contributed by atoms with Gasteiger partial charge in [0, 0.05) is 27.7 Å². The number of carbonyl (C=O) groups is 1. The average Bonchev–Trinajstić information content (AvgIpc) is 2.60. The van der Waals surface area contributed by atoms with Crippen molar-refractivity contribution >= 4 is 45.1 Å². The van der Waals surface area contributed by atoms with Crippen LogP contribution in [0.3, 0.4) is 0 Å². The van der Waals surface area contributed by atoms with E-state index in [9.17, 15) is 14.7 Å². The summed E-state index contributed by atoms with van der Waals surface area (Å²) in [5.74, 6) is -0.655. The number of nitrogens with zero attached hydrogens (tertiary/aromatic N) is 2. The predicted molar refractivity (Wildman–Crippen MR) is 110 cm³/mol. The molecule has 0 aliphatic heterocycles. The van der Waals surface area contributed by atoms with Crippen molar-refractivity contribution in [2.75, 3.05) is 0 Å². The smallest absolute Gasteiger partial charge is 0.309 e. The Balaban J connectivity index is 1.88. The van der Waals surface area contributed by atoms with Crippen molar-refractivity contribution in [2.24, 2.45) is 5.92 Å². The lowest BCUT2D eigenvalue weighted by Crippen LogP contribution is -2.36. The van der Waals surface area contributed by atoms with E-state index >= 15 is 0 Å². The van der Waals surface area contributed by atoms with E-state index in [1.165, 1.54) is 4.68 Å². The van der Waals surface area contributed by atoms with E-state index in [2.05, 4.69) is 21.0 Å². The highest BCUT2D eigenvalue weighted by atomic mass is 79.9. The molecule has 3 rings (SSSR count). The molecule has 5 nitrogen and oxygen atoms in total. The Bertz CT molecular complexity index is 734. The van der Waals surface area contributed by atoms with E-state index in [0.717, 1.165) is 44.9 Å². The quantitative estimate of drug-likeness (QED) is 0.638. The van der Waals surface area contributed by atoms with Gasteiger partial charge in [-0.1, -0.05) is 15.9 Å². The predicted octanol–water partition coefficient (Wildman–Crippen LogP) is 4.31. The van der Waals surface area contributed by atoms with Crippen molar-refractivity contribution in [1.82, 2.24) is 9.78 Å². The van der Waals surface area contributed by atoms with Crippen molar-refractivity contribution in [2.45, 2.75) is 79.4 Å². The molecule has 0 spiro atoms. The lowest BCUT2D eigenvalue weighted by atomic mass is 9.84.